The molecule has 1 aliphatic carbocycles. The predicted molar refractivity (Wildman–Crippen MR) is 93.8 cm³/mol. The maximum absolute atomic E-state index is 12.2. The summed E-state index contributed by atoms with van der Waals surface area (Å²) >= 11 is 7.16. The fourth-order valence-electron chi connectivity index (χ4n) is 2.53. The van der Waals surface area contributed by atoms with Gasteiger partial charge in [0.15, 0.2) is 0 Å². The van der Waals surface area contributed by atoms with Gasteiger partial charge in [-0.2, -0.15) is 0 Å². The van der Waals surface area contributed by atoms with Gasteiger partial charge in [-0.25, -0.2) is 0 Å². The summed E-state index contributed by atoms with van der Waals surface area (Å²) in [6, 6.07) is 7.61. The zero-order chi connectivity index (χ0) is 16.1. The fraction of sp³-hybridized carbons (Fsp3) is 0.312. The number of nitrogens with one attached hydrogen (secondary N) is 2. The van der Waals surface area contributed by atoms with E-state index < -0.39 is 0 Å². The molecule has 1 aliphatic rings. The number of amides is 1. The molecule has 0 bridgehead atoms. The zero-order valence-electron chi connectivity index (χ0n) is 12.5. The van der Waals surface area contributed by atoms with Gasteiger partial charge in [0.2, 0.25) is 5.91 Å². The molecule has 1 heterocycles. The summed E-state index contributed by atoms with van der Waals surface area (Å²) in [6.45, 7) is 0.466. The number of anilines is 2. The Morgan fingerprint density at radius 3 is 2.87 bits per heavy atom. The van der Waals surface area contributed by atoms with Gasteiger partial charge >= 0.3 is 0 Å². The Morgan fingerprint density at radius 2 is 2.17 bits per heavy atom. The van der Waals surface area contributed by atoms with Crippen molar-refractivity contribution in [2.75, 3.05) is 10.6 Å². The molecule has 5 nitrogen and oxygen atoms in total. The van der Waals surface area contributed by atoms with E-state index in [9.17, 15) is 4.79 Å². The number of benzene rings is 1. The van der Waals surface area contributed by atoms with Crippen LogP contribution in [-0.4, -0.2) is 15.5 Å². The number of hydrogen-bond acceptors (Lipinski definition) is 5. The summed E-state index contributed by atoms with van der Waals surface area (Å²) < 4.78 is 4.38. The molecule has 7 heteroatoms. The Hall–Kier alpha value is -1.92. The molecule has 2 aromatic rings. The van der Waals surface area contributed by atoms with Crippen LogP contribution in [0.4, 0.5) is 11.4 Å². The third kappa shape index (κ3) is 4.30. The lowest BCUT2D eigenvalue weighted by molar-refractivity contribution is -0.116. The number of para-hydroxylation sites is 2. The minimum atomic E-state index is 0.0316. The minimum absolute atomic E-state index is 0.0316. The maximum atomic E-state index is 12.2. The molecule has 120 valence electrons. The second kappa shape index (κ2) is 7.57. The van der Waals surface area contributed by atoms with E-state index in [2.05, 4.69) is 32.4 Å². The largest absolute Gasteiger partial charge is 0.378 e. The van der Waals surface area contributed by atoms with Crippen molar-refractivity contribution in [3.63, 3.8) is 0 Å². The van der Waals surface area contributed by atoms with Crippen molar-refractivity contribution in [3.05, 3.63) is 46.4 Å². The van der Waals surface area contributed by atoms with Gasteiger partial charge in [0.25, 0.3) is 0 Å². The van der Waals surface area contributed by atoms with Crippen LogP contribution in [0.25, 0.3) is 0 Å². The highest BCUT2D eigenvalue weighted by Crippen LogP contribution is 2.25. The molecule has 1 unspecified atom stereocenters. The second-order valence-electron chi connectivity index (χ2n) is 5.41. The maximum Gasteiger partial charge on any atom is 0.225 e. The van der Waals surface area contributed by atoms with Crippen LogP contribution in [0.15, 0.2) is 36.4 Å². The van der Waals surface area contributed by atoms with Crippen LogP contribution >= 0.6 is 23.1 Å². The van der Waals surface area contributed by atoms with Gasteiger partial charge < -0.3 is 10.6 Å². The lowest BCUT2D eigenvalue weighted by atomic mass is 10.0. The van der Waals surface area contributed by atoms with Crippen molar-refractivity contribution < 1.29 is 4.79 Å². The van der Waals surface area contributed by atoms with Crippen LogP contribution in [-0.2, 0) is 11.3 Å². The summed E-state index contributed by atoms with van der Waals surface area (Å²) in [5.41, 5.74) is 2.31. The Balaban J connectivity index is 1.61. The highest BCUT2D eigenvalue weighted by Gasteiger charge is 2.15. The van der Waals surface area contributed by atoms with Crippen LogP contribution in [0, 0.1) is 5.92 Å². The van der Waals surface area contributed by atoms with Crippen LogP contribution < -0.4 is 10.6 Å². The fourth-order valence-corrected chi connectivity index (χ4v) is 3.16. The van der Waals surface area contributed by atoms with Crippen molar-refractivity contribution in [2.24, 2.45) is 5.92 Å². The number of aromatic nitrogens is 2. The monoisotopic (exact) mass is 348 g/mol. The highest BCUT2D eigenvalue weighted by atomic mass is 35.5. The first-order chi connectivity index (χ1) is 11.2. The van der Waals surface area contributed by atoms with E-state index in [0.29, 0.717) is 28.9 Å². The standard InChI is InChI=1S/C16H17ClN4OS/c17-16-14(20-21-23-16)10-18-12-7-3-4-8-13(12)19-15(22)9-11-5-1-2-6-11/h1,3-5,7-8,11,18H,2,6,9-10H2,(H,19,22). The molecule has 0 saturated heterocycles. The Morgan fingerprint density at radius 1 is 1.35 bits per heavy atom. The smallest absolute Gasteiger partial charge is 0.225 e. The molecule has 1 aromatic carbocycles. The van der Waals surface area contributed by atoms with Gasteiger partial charge in [0.05, 0.1) is 17.9 Å². The van der Waals surface area contributed by atoms with Gasteiger partial charge in [0, 0.05) is 18.0 Å². The van der Waals surface area contributed by atoms with Crippen LogP contribution in [0.2, 0.25) is 4.34 Å². The van der Waals surface area contributed by atoms with Gasteiger partial charge in [-0.15, -0.1) is 5.10 Å². The first-order valence-corrected chi connectivity index (χ1v) is 8.63. The number of rotatable bonds is 6. The summed E-state index contributed by atoms with van der Waals surface area (Å²) in [5.74, 6) is 0.388. The van der Waals surface area contributed by atoms with Crippen molar-refractivity contribution in [3.8, 4) is 0 Å². The average molecular weight is 349 g/mol. The molecule has 1 atom stereocenters. The van der Waals surface area contributed by atoms with Crippen molar-refractivity contribution in [2.45, 2.75) is 25.8 Å². The Bertz CT molecular complexity index is 716. The Labute approximate surface area is 143 Å². The van der Waals surface area contributed by atoms with Gasteiger partial charge in [-0.1, -0.05) is 40.4 Å². The lowest BCUT2D eigenvalue weighted by Crippen LogP contribution is -2.16. The third-order valence-corrected chi connectivity index (χ3v) is 4.70. The van der Waals surface area contributed by atoms with Crippen LogP contribution in [0.3, 0.4) is 0 Å². The number of nitrogens with zero attached hydrogens (tertiary/aromatic N) is 2. The van der Waals surface area contributed by atoms with E-state index in [0.717, 1.165) is 35.7 Å². The number of hydrogen-bond donors (Lipinski definition) is 2. The van der Waals surface area contributed by atoms with E-state index in [1.165, 1.54) is 0 Å². The highest BCUT2D eigenvalue weighted by molar-refractivity contribution is 7.10. The minimum Gasteiger partial charge on any atom is -0.378 e. The molecule has 23 heavy (non-hydrogen) atoms. The van der Waals surface area contributed by atoms with Crippen LogP contribution in [0.1, 0.15) is 25.0 Å². The molecule has 2 N–H and O–H groups in total. The third-order valence-electron chi connectivity index (χ3n) is 3.72. The Kier molecular flexibility index (Phi) is 5.25. The summed E-state index contributed by atoms with van der Waals surface area (Å²) in [4.78, 5) is 12.2. The van der Waals surface area contributed by atoms with Crippen molar-refractivity contribution in [1.82, 2.24) is 9.59 Å². The molecule has 0 saturated carbocycles. The summed E-state index contributed by atoms with van der Waals surface area (Å²) in [6.07, 6.45) is 6.91. The molecular formula is C16H17ClN4OS. The van der Waals surface area contributed by atoms with Gasteiger partial charge in [-0.3, -0.25) is 4.79 Å². The first-order valence-electron chi connectivity index (χ1n) is 7.48. The molecule has 0 aliphatic heterocycles. The first kappa shape index (κ1) is 16.0. The predicted octanol–water partition coefficient (Wildman–Crippen LogP) is 4.10. The molecule has 0 spiro atoms. The molecular weight excluding hydrogens is 332 g/mol. The van der Waals surface area contributed by atoms with E-state index in [1.54, 1.807) is 0 Å². The number of halogens is 1. The number of carbonyl (C=O) groups is 1. The number of allylic oxidation sites excluding steroid dienone is 2. The normalized spacial score (nSPS) is 16.5. The summed E-state index contributed by atoms with van der Waals surface area (Å²) in [7, 11) is 0. The van der Waals surface area contributed by atoms with E-state index in [1.807, 2.05) is 24.3 Å². The molecule has 1 amide bonds. The zero-order valence-corrected chi connectivity index (χ0v) is 14.0. The molecule has 0 radical (unpaired) electrons. The second-order valence-corrected chi connectivity index (χ2v) is 6.77. The quantitative estimate of drug-likeness (QED) is 0.771. The SMILES string of the molecule is O=C(CC1C=CCC1)Nc1ccccc1NCc1nnsc1Cl. The summed E-state index contributed by atoms with van der Waals surface area (Å²) in [5, 5.41) is 10.2. The van der Waals surface area contributed by atoms with Gasteiger partial charge in [0.1, 0.15) is 10.0 Å². The molecule has 0 fully saturated rings. The van der Waals surface area contributed by atoms with Crippen molar-refractivity contribution >= 4 is 40.4 Å². The van der Waals surface area contributed by atoms with Crippen molar-refractivity contribution in [1.29, 1.82) is 0 Å². The molecule has 3 rings (SSSR count). The van der Waals surface area contributed by atoms with E-state index >= 15 is 0 Å². The molecule has 1 aromatic heterocycles. The lowest BCUT2D eigenvalue weighted by Gasteiger charge is -2.13. The van der Waals surface area contributed by atoms with E-state index in [4.69, 9.17) is 11.6 Å². The average Bonchev–Trinajstić information content (AvgIpc) is 3.18. The van der Waals surface area contributed by atoms with Crippen LogP contribution in [0.5, 0.6) is 0 Å². The van der Waals surface area contributed by atoms with E-state index in [-0.39, 0.29) is 5.91 Å². The topological polar surface area (TPSA) is 66.9 Å². The van der Waals surface area contributed by atoms with Gasteiger partial charge in [-0.05, 0) is 30.9 Å². The number of carbonyl (C=O) groups excluding carboxylic acids is 1.